The molecule has 4 amide bonds. The summed E-state index contributed by atoms with van der Waals surface area (Å²) >= 11 is 0. The number of aliphatic hydroxyl groups is 9. The van der Waals surface area contributed by atoms with Crippen LogP contribution in [0.1, 0.15) is 69.5 Å². The summed E-state index contributed by atoms with van der Waals surface area (Å²) in [6, 6.07) is 11.6. The van der Waals surface area contributed by atoms with Crippen molar-refractivity contribution in [3.8, 4) is 28.7 Å². The zero-order valence-corrected chi connectivity index (χ0v) is 47.8. The number of anilines is 2. The molecule has 4 fully saturated rings. The summed E-state index contributed by atoms with van der Waals surface area (Å²) in [4.78, 5) is 84.8. The molecule has 6 aliphatic rings. The maximum atomic E-state index is 14.2. The predicted molar refractivity (Wildman–Crippen MR) is 299 cm³/mol. The zero-order valence-electron chi connectivity index (χ0n) is 47.8. The first-order chi connectivity index (χ1) is 42.6. The van der Waals surface area contributed by atoms with Crippen LogP contribution in [-0.4, -0.2) is 223 Å². The molecule has 32 nitrogen and oxygen atoms in total. The molecule has 4 aromatic rings. The first-order valence-electron chi connectivity index (χ1n) is 28.4. The summed E-state index contributed by atoms with van der Waals surface area (Å²) in [6.07, 6.45) is -18.3. The number of nitro groups is 2. The maximum Gasteiger partial charge on any atom is 0.416 e. The second-order valence-corrected chi connectivity index (χ2v) is 22.0. The molecule has 480 valence electrons. The first-order valence-corrected chi connectivity index (χ1v) is 28.4. The molecule has 13 atom stereocenters. The molecule has 9 N–H and O–H groups in total. The molecule has 6 heterocycles. The minimum Gasteiger partial charge on any atom is -0.493 e. The molecular weight excluding hydrogens is 1180 g/mol. The number of benzene rings is 4. The van der Waals surface area contributed by atoms with Crippen molar-refractivity contribution in [2.24, 2.45) is 0 Å². The molecule has 6 aliphatic heterocycles. The number of fused-ring (bicyclic) bond motifs is 4. The number of carbonyl (C=O) groups is 4. The normalized spacial score (nSPS) is 27.3. The number of nitrogens with zero attached hydrogens (tertiary/aromatic N) is 6. The molecular formula is C57H66N6O26. The lowest BCUT2D eigenvalue weighted by molar-refractivity contribution is -0.387. The first kappa shape index (κ1) is 63.7. The van der Waals surface area contributed by atoms with Crippen molar-refractivity contribution >= 4 is 46.8 Å². The van der Waals surface area contributed by atoms with E-state index in [0.717, 1.165) is 29.2 Å². The van der Waals surface area contributed by atoms with Crippen LogP contribution in [0.2, 0.25) is 0 Å². The second kappa shape index (κ2) is 26.8. The molecule has 0 saturated carbocycles. The van der Waals surface area contributed by atoms with Crippen molar-refractivity contribution in [2.45, 2.75) is 132 Å². The number of aryl methyl sites for hydroxylation is 1. The molecule has 0 aromatic heterocycles. The van der Waals surface area contributed by atoms with Gasteiger partial charge in [-0.15, -0.1) is 0 Å². The molecule has 10 rings (SSSR count). The van der Waals surface area contributed by atoms with Crippen molar-refractivity contribution in [3.63, 3.8) is 0 Å². The Morgan fingerprint density at radius 2 is 1.13 bits per heavy atom. The third kappa shape index (κ3) is 12.8. The van der Waals surface area contributed by atoms with E-state index in [2.05, 4.69) is 0 Å². The van der Waals surface area contributed by atoms with Crippen molar-refractivity contribution in [3.05, 3.63) is 109 Å². The quantitative estimate of drug-likeness (QED) is 0.0357. The third-order valence-corrected chi connectivity index (χ3v) is 16.4. The highest BCUT2D eigenvalue weighted by Crippen LogP contribution is 2.43. The molecule has 0 bridgehead atoms. The largest absolute Gasteiger partial charge is 0.493 e. The maximum absolute atomic E-state index is 14.2. The lowest BCUT2D eigenvalue weighted by Gasteiger charge is -2.39. The van der Waals surface area contributed by atoms with Gasteiger partial charge in [0.15, 0.2) is 29.2 Å². The van der Waals surface area contributed by atoms with E-state index in [9.17, 15) is 85.4 Å². The number of amides is 4. The smallest absolute Gasteiger partial charge is 0.416 e. The van der Waals surface area contributed by atoms with E-state index in [1.54, 1.807) is 24.0 Å². The minimum atomic E-state index is -1.87. The number of hydrogen-bond acceptors (Lipinski definition) is 26. The Bertz CT molecular complexity index is 3330. The number of methoxy groups -OCH3 is 1. The fraction of sp³-hybridized carbons (Fsp3) is 0.509. The number of hydrogen-bond donors (Lipinski definition) is 9. The summed E-state index contributed by atoms with van der Waals surface area (Å²) < 4.78 is 51.2. The van der Waals surface area contributed by atoms with E-state index in [1.165, 1.54) is 41.2 Å². The molecule has 0 radical (unpaired) electrons. The molecule has 89 heavy (non-hydrogen) atoms. The van der Waals surface area contributed by atoms with Crippen LogP contribution in [0.5, 0.6) is 28.7 Å². The van der Waals surface area contributed by atoms with Crippen molar-refractivity contribution in [1.82, 2.24) is 9.80 Å². The van der Waals surface area contributed by atoms with Gasteiger partial charge >= 0.3 is 23.6 Å². The number of rotatable bonds is 19. The SMILES string of the molecule is COc1cc2c(cc1OCCCOc1cc3c(cc1C)C(=O)N1CCC[C@H]1CN3C(=O)OCc1ccc(O[C@@H]3O[C@H](CO)[C@H](O)[C@H](O)[C@H]3O)c([N+](=O)[O-])c1)N(C(=O)OCc1ccc(O[C@@H]3O[C@H](CO)[C@H](O)[C@H](O)[C@H]3O)c([N+](=O)[O-])c1)C(O)[C@@H]1CCCN1C2=O. The highest BCUT2D eigenvalue weighted by molar-refractivity contribution is 6.07. The topological polar surface area (TPSA) is 433 Å². The van der Waals surface area contributed by atoms with Gasteiger partial charge < -0.3 is 98.4 Å². The van der Waals surface area contributed by atoms with Gasteiger partial charge in [-0.3, -0.25) is 34.7 Å². The van der Waals surface area contributed by atoms with Crippen molar-refractivity contribution < 1.29 is 118 Å². The van der Waals surface area contributed by atoms with Crippen LogP contribution < -0.4 is 33.5 Å². The van der Waals surface area contributed by atoms with E-state index in [0.29, 0.717) is 43.5 Å². The van der Waals surface area contributed by atoms with Gasteiger partial charge in [0.1, 0.15) is 67.8 Å². The van der Waals surface area contributed by atoms with Gasteiger partial charge in [-0.05, 0) is 73.6 Å². The predicted octanol–water partition coefficient (Wildman–Crippen LogP) is 0.867. The highest BCUT2D eigenvalue weighted by Gasteiger charge is 2.49. The molecule has 32 heteroatoms. The van der Waals surface area contributed by atoms with Gasteiger partial charge in [0.2, 0.25) is 12.6 Å². The monoisotopic (exact) mass is 1250 g/mol. The van der Waals surface area contributed by atoms with Gasteiger partial charge in [0.05, 0.1) is 78.0 Å². The van der Waals surface area contributed by atoms with Gasteiger partial charge in [0.25, 0.3) is 11.8 Å². The minimum absolute atomic E-state index is 0.000206. The lowest BCUT2D eigenvalue weighted by Crippen LogP contribution is -2.60. The molecule has 0 spiro atoms. The summed E-state index contributed by atoms with van der Waals surface area (Å²) in [6.45, 7) is -0.233. The molecule has 4 aromatic carbocycles. The number of nitro benzene ring substituents is 2. The van der Waals surface area contributed by atoms with E-state index in [-0.39, 0.29) is 89.8 Å². The number of aliphatic hydroxyl groups excluding tert-OH is 9. The Labute approximate surface area is 505 Å². The third-order valence-electron chi connectivity index (χ3n) is 16.4. The Hall–Kier alpha value is -8.28. The zero-order chi connectivity index (χ0) is 63.7. The Morgan fingerprint density at radius 1 is 0.618 bits per heavy atom. The van der Waals surface area contributed by atoms with Crippen LogP contribution in [-0.2, 0) is 32.2 Å². The van der Waals surface area contributed by atoms with E-state index in [4.69, 9.17) is 42.6 Å². The summed E-state index contributed by atoms with van der Waals surface area (Å²) in [5.41, 5.74) is -0.339. The van der Waals surface area contributed by atoms with E-state index < -0.39 is 151 Å². The van der Waals surface area contributed by atoms with Crippen LogP contribution >= 0.6 is 0 Å². The van der Waals surface area contributed by atoms with Gasteiger partial charge in [0, 0.05) is 50.3 Å². The van der Waals surface area contributed by atoms with E-state index in [1.807, 2.05) is 0 Å². The van der Waals surface area contributed by atoms with Crippen LogP contribution in [0.15, 0.2) is 60.7 Å². The highest BCUT2D eigenvalue weighted by atomic mass is 16.7. The Morgan fingerprint density at radius 3 is 1.70 bits per heavy atom. The van der Waals surface area contributed by atoms with Gasteiger partial charge in [-0.1, -0.05) is 12.1 Å². The average molecular weight is 1250 g/mol. The summed E-state index contributed by atoms with van der Waals surface area (Å²) in [5, 5.41) is 117. The molecule has 4 saturated heterocycles. The summed E-state index contributed by atoms with van der Waals surface area (Å²) in [7, 11) is 1.34. The van der Waals surface area contributed by atoms with E-state index >= 15 is 0 Å². The van der Waals surface area contributed by atoms with Crippen LogP contribution in [0, 0.1) is 27.2 Å². The van der Waals surface area contributed by atoms with Crippen LogP contribution in [0.25, 0.3) is 0 Å². The van der Waals surface area contributed by atoms with Gasteiger partial charge in [-0.2, -0.15) is 0 Å². The fourth-order valence-electron chi connectivity index (χ4n) is 11.6. The second-order valence-electron chi connectivity index (χ2n) is 22.0. The molecule has 1 unspecified atom stereocenters. The van der Waals surface area contributed by atoms with Crippen molar-refractivity contribution in [2.75, 3.05) is 63.0 Å². The number of ether oxygens (including phenoxy) is 9. The standard InChI is InChI=1S/C57H66N6O26/c1-27-16-31-34(60(22-30-6-3-12-58(30)51(31)72)56(75)84-25-28-8-10-38(36(17-28)62(77)78)86-54-49(70)47(68)45(66)43(23-64)88-54)20-40(27)82-14-5-15-83-42-21-35-32(19-41(42)81-2)52(73)59-13-4-7-33(59)53(74)61(35)57(76)85-26-29-9-11-39(37(18-29)63(79)80)87-55-50(71)48(69)46(67)44(24-65)89-55/h8-11,16-21,30,33,43-50,53-55,64-71,74H,3-7,12-15,22-26H2,1-2H3/t30-,33-,43+,44+,45-,46-,47-,48-,49+,50+,53?,54+,55+/m0/s1. The van der Waals surface area contributed by atoms with Crippen LogP contribution in [0.4, 0.5) is 32.3 Å². The van der Waals surface area contributed by atoms with Crippen LogP contribution in [0.3, 0.4) is 0 Å². The molecule has 0 aliphatic carbocycles. The number of carbonyl (C=O) groups excluding carboxylic acids is 4. The Kier molecular flexibility index (Phi) is 19.2. The van der Waals surface area contributed by atoms with Gasteiger partial charge in [-0.25, -0.2) is 14.5 Å². The fourth-order valence-corrected chi connectivity index (χ4v) is 11.6. The van der Waals surface area contributed by atoms with Crippen molar-refractivity contribution in [1.29, 1.82) is 0 Å². The summed E-state index contributed by atoms with van der Waals surface area (Å²) in [5.74, 6) is -1.26. The lowest BCUT2D eigenvalue weighted by atomic mass is 9.99. The average Bonchev–Trinajstić information content (AvgIpc) is 1.85. The Balaban J connectivity index is 0.817.